The van der Waals surface area contributed by atoms with Gasteiger partial charge in [0, 0.05) is 46.4 Å². The number of halogens is 2. The van der Waals surface area contributed by atoms with Crippen LogP contribution in [0.25, 0.3) is 0 Å². The molecule has 1 aromatic carbocycles. The standard InChI is InChI=1S/C17H27N3O2.2ClH/c1-22-14-8-18-15-17(21)20-12-10-19(11-13-20)9-7-16-5-3-2-4-6-16;;/h2-6,18H,7-15H2,1H3;2*1H. The molecule has 0 spiro atoms. The highest BCUT2D eigenvalue weighted by atomic mass is 35.5. The second-order valence-corrected chi connectivity index (χ2v) is 5.63. The number of methoxy groups -OCH3 is 1. The molecule has 24 heavy (non-hydrogen) atoms. The van der Waals surface area contributed by atoms with Gasteiger partial charge in [-0.05, 0) is 12.0 Å². The zero-order valence-corrected chi connectivity index (χ0v) is 15.9. The Labute approximate surface area is 157 Å². The fourth-order valence-electron chi connectivity index (χ4n) is 2.63. The summed E-state index contributed by atoms with van der Waals surface area (Å²) in [5.74, 6) is 0.193. The average Bonchev–Trinajstić information content (AvgIpc) is 2.58. The first-order valence-electron chi connectivity index (χ1n) is 8.03. The number of rotatable bonds is 8. The monoisotopic (exact) mass is 377 g/mol. The minimum absolute atomic E-state index is 0. The van der Waals surface area contributed by atoms with Crippen molar-refractivity contribution in [2.24, 2.45) is 0 Å². The minimum atomic E-state index is 0. The van der Waals surface area contributed by atoms with Crippen molar-refractivity contribution in [1.29, 1.82) is 0 Å². The number of hydrogen-bond donors (Lipinski definition) is 1. The highest BCUT2D eigenvalue weighted by Crippen LogP contribution is 2.05. The highest BCUT2D eigenvalue weighted by Gasteiger charge is 2.20. The molecule has 0 radical (unpaired) electrons. The molecule has 0 atom stereocenters. The van der Waals surface area contributed by atoms with Crippen LogP contribution in [0, 0.1) is 0 Å². The smallest absolute Gasteiger partial charge is 0.236 e. The van der Waals surface area contributed by atoms with Crippen LogP contribution in [0.3, 0.4) is 0 Å². The molecule has 2 rings (SSSR count). The molecule has 5 nitrogen and oxygen atoms in total. The molecule has 0 aromatic heterocycles. The first-order chi connectivity index (χ1) is 10.8. The van der Waals surface area contributed by atoms with Crippen molar-refractivity contribution in [3.63, 3.8) is 0 Å². The molecule has 1 aromatic rings. The molecule has 138 valence electrons. The van der Waals surface area contributed by atoms with Crippen molar-refractivity contribution in [2.45, 2.75) is 6.42 Å². The third-order valence-electron chi connectivity index (χ3n) is 4.04. The van der Waals surface area contributed by atoms with Gasteiger partial charge in [0.15, 0.2) is 0 Å². The lowest BCUT2D eigenvalue weighted by Gasteiger charge is -2.34. The molecule has 0 unspecified atom stereocenters. The molecule has 1 N–H and O–H groups in total. The topological polar surface area (TPSA) is 44.8 Å². The number of carbonyl (C=O) groups excluding carboxylic acids is 1. The summed E-state index contributed by atoms with van der Waals surface area (Å²) in [7, 11) is 1.66. The van der Waals surface area contributed by atoms with Gasteiger partial charge >= 0.3 is 0 Å². The van der Waals surface area contributed by atoms with Crippen molar-refractivity contribution in [3.05, 3.63) is 35.9 Å². The quantitative estimate of drug-likeness (QED) is 0.696. The van der Waals surface area contributed by atoms with E-state index in [9.17, 15) is 4.79 Å². The summed E-state index contributed by atoms with van der Waals surface area (Å²) in [5, 5.41) is 3.11. The van der Waals surface area contributed by atoms with E-state index in [-0.39, 0.29) is 30.7 Å². The van der Waals surface area contributed by atoms with E-state index in [0.29, 0.717) is 13.2 Å². The van der Waals surface area contributed by atoms with Gasteiger partial charge in [-0.25, -0.2) is 0 Å². The van der Waals surface area contributed by atoms with E-state index in [1.165, 1.54) is 5.56 Å². The zero-order chi connectivity index (χ0) is 15.6. The van der Waals surface area contributed by atoms with Crippen LogP contribution in [-0.4, -0.2) is 75.2 Å². The summed E-state index contributed by atoms with van der Waals surface area (Å²) in [6.45, 7) is 6.44. The summed E-state index contributed by atoms with van der Waals surface area (Å²) in [5.41, 5.74) is 1.38. The molecule has 1 aliphatic rings. The largest absolute Gasteiger partial charge is 0.383 e. The fourth-order valence-corrected chi connectivity index (χ4v) is 2.63. The third kappa shape index (κ3) is 8.31. The minimum Gasteiger partial charge on any atom is -0.383 e. The first kappa shape index (κ1) is 23.1. The lowest BCUT2D eigenvalue weighted by Crippen LogP contribution is -2.51. The van der Waals surface area contributed by atoms with E-state index in [1.54, 1.807) is 7.11 Å². The van der Waals surface area contributed by atoms with Crippen LogP contribution in [-0.2, 0) is 16.0 Å². The second kappa shape index (κ2) is 13.4. The van der Waals surface area contributed by atoms with E-state index in [4.69, 9.17) is 4.74 Å². The van der Waals surface area contributed by atoms with Gasteiger partial charge < -0.3 is 15.0 Å². The summed E-state index contributed by atoms with van der Waals surface area (Å²) in [6.07, 6.45) is 1.08. The molecule has 7 heteroatoms. The molecule has 0 saturated carbocycles. The molecule has 1 fully saturated rings. The van der Waals surface area contributed by atoms with Crippen LogP contribution in [0.4, 0.5) is 0 Å². The van der Waals surface area contributed by atoms with Gasteiger partial charge in [0.2, 0.25) is 5.91 Å². The Hall–Kier alpha value is -0.850. The molecule has 1 saturated heterocycles. The maximum absolute atomic E-state index is 12.1. The number of nitrogens with one attached hydrogen (secondary N) is 1. The Morgan fingerprint density at radius 2 is 1.79 bits per heavy atom. The number of ether oxygens (including phenoxy) is 1. The van der Waals surface area contributed by atoms with Gasteiger partial charge in [0.1, 0.15) is 0 Å². The fraction of sp³-hybridized carbons (Fsp3) is 0.588. The van der Waals surface area contributed by atoms with Gasteiger partial charge in [-0.15, -0.1) is 24.8 Å². The number of amides is 1. The van der Waals surface area contributed by atoms with Gasteiger partial charge in [-0.2, -0.15) is 0 Å². The molecule has 0 bridgehead atoms. The van der Waals surface area contributed by atoms with Crippen LogP contribution in [0.5, 0.6) is 0 Å². The number of carbonyl (C=O) groups is 1. The highest BCUT2D eigenvalue weighted by molar-refractivity contribution is 5.85. The predicted molar refractivity (Wildman–Crippen MR) is 102 cm³/mol. The summed E-state index contributed by atoms with van der Waals surface area (Å²) < 4.78 is 4.95. The second-order valence-electron chi connectivity index (χ2n) is 5.63. The molecule has 1 heterocycles. The van der Waals surface area contributed by atoms with Gasteiger partial charge in [-0.3, -0.25) is 9.69 Å². The third-order valence-corrected chi connectivity index (χ3v) is 4.04. The van der Waals surface area contributed by atoms with Crippen LogP contribution in [0.15, 0.2) is 30.3 Å². The first-order valence-corrected chi connectivity index (χ1v) is 8.03. The van der Waals surface area contributed by atoms with Crippen molar-refractivity contribution in [1.82, 2.24) is 15.1 Å². The number of hydrogen-bond acceptors (Lipinski definition) is 4. The van der Waals surface area contributed by atoms with Crippen molar-refractivity contribution in [3.8, 4) is 0 Å². The van der Waals surface area contributed by atoms with Crippen molar-refractivity contribution < 1.29 is 9.53 Å². The Morgan fingerprint density at radius 1 is 1.12 bits per heavy atom. The van der Waals surface area contributed by atoms with E-state index in [0.717, 1.165) is 45.7 Å². The Kier molecular flexibility index (Phi) is 13.0. The SMILES string of the molecule is COCCNCC(=O)N1CCN(CCc2ccccc2)CC1.Cl.Cl. The van der Waals surface area contributed by atoms with E-state index in [1.807, 2.05) is 4.90 Å². The lowest BCUT2D eigenvalue weighted by atomic mass is 10.1. The van der Waals surface area contributed by atoms with Crippen LogP contribution < -0.4 is 5.32 Å². The predicted octanol–water partition coefficient (Wildman–Crippen LogP) is 1.45. The summed E-state index contributed by atoms with van der Waals surface area (Å²) >= 11 is 0. The zero-order valence-electron chi connectivity index (χ0n) is 14.3. The molecule has 1 amide bonds. The summed E-state index contributed by atoms with van der Waals surface area (Å²) in [6, 6.07) is 10.6. The average molecular weight is 378 g/mol. The van der Waals surface area contributed by atoms with E-state index < -0.39 is 0 Å². The Bertz CT molecular complexity index is 441. The van der Waals surface area contributed by atoms with Gasteiger partial charge in [0.05, 0.1) is 13.2 Å². The normalized spacial score (nSPS) is 14.6. The number of piperazine rings is 1. The molecular weight excluding hydrogens is 349 g/mol. The van der Waals surface area contributed by atoms with Gasteiger partial charge in [-0.1, -0.05) is 30.3 Å². The molecule has 1 aliphatic heterocycles. The summed E-state index contributed by atoms with van der Waals surface area (Å²) in [4.78, 5) is 16.4. The van der Waals surface area contributed by atoms with E-state index in [2.05, 4.69) is 40.5 Å². The van der Waals surface area contributed by atoms with Gasteiger partial charge in [0.25, 0.3) is 0 Å². The van der Waals surface area contributed by atoms with E-state index >= 15 is 0 Å². The molecule has 0 aliphatic carbocycles. The Balaban J connectivity index is 0.00000264. The van der Waals surface area contributed by atoms with Crippen LogP contribution in [0.1, 0.15) is 5.56 Å². The number of benzene rings is 1. The van der Waals surface area contributed by atoms with Crippen molar-refractivity contribution >= 4 is 30.7 Å². The van der Waals surface area contributed by atoms with Crippen LogP contribution >= 0.6 is 24.8 Å². The maximum atomic E-state index is 12.1. The number of nitrogens with zero attached hydrogens (tertiary/aromatic N) is 2. The van der Waals surface area contributed by atoms with Crippen LogP contribution in [0.2, 0.25) is 0 Å². The Morgan fingerprint density at radius 3 is 2.42 bits per heavy atom. The van der Waals surface area contributed by atoms with Crippen molar-refractivity contribution in [2.75, 3.05) is 59.5 Å². The maximum Gasteiger partial charge on any atom is 0.236 e. The lowest BCUT2D eigenvalue weighted by molar-refractivity contribution is -0.132. The molecular formula is C17H29Cl2N3O2.